The van der Waals surface area contributed by atoms with Crippen molar-refractivity contribution in [1.29, 1.82) is 0 Å². The summed E-state index contributed by atoms with van der Waals surface area (Å²) in [5, 5.41) is 54.9. The zero-order chi connectivity index (χ0) is 40.7. The summed E-state index contributed by atoms with van der Waals surface area (Å²) in [5.74, 6) is -0.715. The third kappa shape index (κ3) is 25.5. The average Bonchev–Trinajstić information content (AvgIpc) is 3.15. The van der Waals surface area contributed by atoms with E-state index in [9.17, 15) is 38.7 Å². The smallest absolute Gasteiger partial charge is 0.394 e. The Morgan fingerprint density at radius 2 is 1.22 bits per heavy atom. The Morgan fingerprint density at radius 1 is 0.727 bits per heavy atom. The molecule has 1 aliphatic heterocycles. The Morgan fingerprint density at radius 3 is 1.75 bits per heavy atom. The van der Waals surface area contributed by atoms with E-state index in [0.29, 0.717) is 12.8 Å². The summed E-state index contributed by atoms with van der Waals surface area (Å²) in [7, 11) is -5.12. The van der Waals surface area contributed by atoms with E-state index in [-0.39, 0.29) is 6.42 Å². The van der Waals surface area contributed by atoms with Crippen LogP contribution in [-0.2, 0) is 28.9 Å². The van der Waals surface area contributed by atoms with Crippen molar-refractivity contribution in [2.75, 3.05) is 13.2 Å². The van der Waals surface area contributed by atoms with Crippen LogP contribution in [0.5, 0.6) is 0 Å². The monoisotopic (exact) mass is 808 g/mol. The molecule has 0 radical (unpaired) electrons. The molecule has 8 unspecified atom stereocenters. The molecule has 55 heavy (non-hydrogen) atoms. The Hall–Kier alpha value is -1.46. The summed E-state index contributed by atoms with van der Waals surface area (Å²) in [5.41, 5.74) is 0. The number of carbonyl (C=O) groups excluding carboxylic acids is 1. The number of carbonyl (C=O) groups is 1. The predicted molar refractivity (Wildman–Crippen MR) is 215 cm³/mol. The van der Waals surface area contributed by atoms with Crippen molar-refractivity contribution in [3.05, 3.63) is 24.3 Å². The normalized spacial score (nSPS) is 22.4. The number of allylic oxidation sites excluding steroid dienone is 3. The molecule has 8 atom stereocenters. The van der Waals surface area contributed by atoms with Gasteiger partial charge in [-0.15, -0.1) is 0 Å². The summed E-state index contributed by atoms with van der Waals surface area (Å²) in [6.07, 6.45) is 22.9. The van der Waals surface area contributed by atoms with E-state index in [2.05, 4.69) is 35.5 Å². The molecule has 324 valence electrons. The van der Waals surface area contributed by atoms with E-state index in [4.69, 9.17) is 14.0 Å². The van der Waals surface area contributed by atoms with Crippen LogP contribution in [0.25, 0.3) is 0 Å². The molecule has 0 bridgehead atoms. The highest BCUT2D eigenvalue weighted by Crippen LogP contribution is 2.26. The minimum absolute atomic E-state index is 0.238. The first-order valence-electron chi connectivity index (χ1n) is 21.3. The Labute approximate surface area is 332 Å². The summed E-state index contributed by atoms with van der Waals surface area (Å²) in [4.78, 5) is 13.0. The van der Waals surface area contributed by atoms with Crippen LogP contribution in [0.15, 0.2) is 24.3 Å². The first-order chi connectivity index (χ1) is 26.4. The minimum Gasteiger partial charge on any atom is -0.394 e. The Bertz CT molecular complexity index is 1110. The van der Waals surface area contributed by atoms with Crippen LogP contribution in [0.4, 0.5) is 0 Å². The maximum atomic E-state index is 13.0. The Balaban J connectivity index is 2.66. The van der Waals surface area contributed by atoms with Crippen LogP contribution in [0, 0.1) is 0 Å². The zero-order valence-electron chi connectivity index (χ0n) is 33.9. The van der Waals surface area contributed by atoms with E-state index < -0.39 is 78.5 Å². The molecule has 1 rings (SSSR count). The van der Waals surface area contributed by atoms with Gasteiger partial charge < -0.3 is 40.3 Å². The van der Waals surface area contributed by atoms with E-state index >= 15 is 0 Å². The number of amides is 1. The maximum absolute atomic E-state index is 13.0. The lowest BCUT2D eigenvalue weighted by atomic mass is 9.99. The lowest BCUT2D eigenvalue weighted by Gasteiger charge is -2.41. The molecule has 13 nitrogen and oxygen atoms in total. The molecule has 0 spiro atoms. The number of ether oxygens (including phenoxy) is 2. The molecule has 0 aliphatic carbocycles. The molecule has 0 aromatic rings. The van der Waals surface area contributed by atoms with Gasteiger partial charge in [0, 0.05) is 0 Å². The summed E-state index contributed by atoms with van der Waals surface area (Å²) in [6.45, 7) is 3.15. The van der Waals surface area contributed by atoms with Crippen molar-refractivity contribution in [3.63, 3.8) is 0 Å². The molecule has 14 heteroatoms. The van der Waals surface area contributed by atoms with Gasteiger partial charge in [0.25, 0.3) is 0 Å². The topological polar surface area (TPSA) is 212 Å². The molecule has 0 aromatic carbocycles. The van der Waals surface area contributed by atoms with Gasteiger partial charge >= 0.3 is 10.4 Å². The number of hydrogen-bond donors (Lipinski definition) is 7. The molecule has 0 saturated carbocycles. The van der Waals surface area contributed by atoms with Crippen molar-refractivity contribution >= 4 is 16.3 Å². The van der Waals surface area contributed by atoms with Crippen LogP contribution in [0.2, 0.25) is 0 Å². The van der Waals surface area contributed by atoms with Gasteiger partial charge in [-0.3, -0.25) is 9.35 Å². The van der Waals surface area contributed by atoms with Gasteiger partial charge in [-0.25, -0.2) is 4.18 Å². The molecule has 0 aromatic heterocycles. The zero-order valence-corrected chi connectivity index (χ0v) is 34.7. The molecule has 1 heterocycles. The predicted octanol–water partition coefficient (Wildman–Crippen LogP) is 6.35. The highest BCUT2D eigenvalue weighted by atomic mass is 32.3. The molecule has 1 fully saturated rings. The largest absolute Gasteiger partial charge is 0.397 e. The molecular formula is C41H77NO12S. The fraction of sp³-hybridized carbons (Fsp3) is 0.878. The van der Waals surface area contributed by atoms with Gasteiger partial charge in [0.1, 0.15) is 30.5 Å². The van der Waals surface area contributed by atoms with E-state index in [1.807, 2.05) is 0 Å². The lowest BCUT2D eigenvalue weighted by Crippen LogP contribution is -2.61. The van der Waals surface area contributed by atoms with Crippen LogP contribution >= 0.6 is 0 Å². The van der Waals surface area contributed by atoms with Crippen LogP contribution in [0.3, 0.4) is 0 Å². The molecule has 1 amide bonds. The third-order valence-corrected chi connectivity index (χ3v) is 10.6. The second kappa shape index (κ2) is 32.5. The number of unbranched alkanes of at least 4 members (excludes halogenated alkanes) is 20. The standard InChI is InChI=1S/C41H77NO12S/c1-3-5-7-9-11-13-14-15-16-17-18-19-20-22-23-25-27-29-34(44)33(42-40(48)35(45)30-28-26-24-21-12-10-8-6-4-2)32-52-41-38(47)39(54-55(49,50)51)37(46)36(31-43)53-41/h20,22,27,29,33-39,41,43-47H,3-19,21,23-26,28,30-32H2,1-2H3,(H,42,48)(H,49,50,51)/b22-20+,29-27+. The lowest BCUT2D eigenvalue weighted by molar-refractivity contribution is -0.298. The SMILES string of the molecule is CCCCCCCCCCCCC/C=C/CC/C=C/C(O)C(COC1OC(CO)C(O)C(OS(=O)(=O)O)C1O)NC(=O)C(O)CCCCCCCCCCC. The third-order valence-electron chi connectivity index (χ3n) is 10.1. The number of aliphatic hydroxyl groups is 5. The fourth-order valence-electron chi connectivity index (χ4n) is 6.65. The highest BCUT2D eigenvalue weighted by Gasteiger charge is 2.48. The molecule has 7 N–H and O–H groups in total. The number of rotatable bonds is 35. The van der Waals surface area contributed by atoms with Gasteiger partial charge in [0.2, 0.25) is 5.91 Å². The van der Waals surface area contributed by atoms with Crippen molar-refractivity contribution in [3.8, 4) is 0 Å². The van der Waals surface area contributed by atoms with Crippen LogP contribution in [0.1, 0.15) is 168 Å². The first kappa shape index (κ1) is 51.6. The van der Waals surface area contributed by atoms with E-state index in [1.54, 1.807) is 6.08 Å². The number of hydrogen-bond acceptors (Lipinski definition) is 11. The van der Waals surface area contributed by atoms with E-state index in [0.717, 1.165) is 38.5 Å². The highest BCUT2D eigenvalue weighted by molar-refractivity contribution is 7.80. The fourth-order valence-corrected chi connectivity index (χ4v) is 7.16. The second-order valence-electron chi connectivity index (χ2n) is 15.1. The molecule has 1 aliphatic rings. The maximum Gasteiger partial charge on any atom is 0.397 e. The second-order valence-corrected chi connectivity index (χ2v) is 16.1. The van der Waals surface area contributed by atoms with E-state index in [1.165, 1.54) is 102 Å². The summed E-state index contributed by atoms with van der Waals surface area (Å²) in [6, 6.07) is -1.13. The number of nitrogens with one attached hydrogen (secondary N) is 1. The minimum atomic E-state index is -5.12. The average molecular weight is 808 g/mol. The van der Waals surface area contributed by atoms with Gasteiger partial charge in [0.15, 0.2) is 6.29 Å². The summed E-state index contributed by atoms with van der Waals surface area (Å²) >= 11 is 0. The quantitative estimate of drug-likeness (QED) is 0.0212. The van der Waals surface area contributed by atoms with Crippen molar-refractivity contribution in [1.82, 2.24) is 5.32 Å². The van der Waals surface area contributed by atoms with Gasteiger partial charge in [-0.1, -0.05) is 160 Å². The van der Waals surface area contributed by atoms with Gasteiger partial charge in [-0.2, -0.15) is 8.42 Å². The van der Waals surface area contributed by atoms with Crippen molar-refractivity contribution in [2.45, 2.75) is 217 Å². The summed E-state index contributed by atoms with van der Waals surface area (Å²) < 4.78 is 47.3. The number of aliphatic hydroxyl groups excluding tert-OH is 5. The molecular weight excluding hydrogens is 731 g/mol. The van der Waals surface area contributed by atoms with Crippen molar-refractivity contribution < 1.29 is 57.0 Å². The first-order valence-corrected chi connectivity index (χ1v) is 22.7. The Kier molecular flexibility index (Phi) is 30.5. The van der Waals surface area contributed by atoms with Crippen molar-refractivity contribution in [2.24, 2.45) is 0 Å². The van der Waals surface area contributed by atoms with Gasteiger partial charge in [-0.05, 0) is 32.1 Å². The van der Waals surface area contributed by atoms with Gasteiger partial charge in [0.05, 0.1) is 25.4 Å². The molecule has 1 saturated heterocycles. The van der Waals surface area contributed by atoms with Crippen LogP contribution < -0.4 is 5.32 Å². The van der Waals surface area contributed by atoms with Crippen LogP contribution in [-0.4, -0.2) is 107 Å².